The Bertz CT molecular complexity index is 1020. The molecule has 0 radical (unpaired) electrons. The van der Waals surface area contributed by atoms with Crippen LogP contribution in [0.2, 0.25) is 0 Å². The van der Waals surface area contributed by atoms with Crippen molar-refractivity contribution >= 4 is 16.7 Å². The number of carbonyl (C=O) groups is 1. The average molecular weight is 328 g/mol. The summed E-state index contributed by atoms with van der Waals surface area (Å²) in [5, 5.41) is 13.6. The van der Waals surface area contributed by atoms with Crippen molar-refractivity contribution in [3.05, 3.63) is 90.3 Å². The zero-order valence-electron chi connectivity index (χ0n) is 13.5. The number of hydrogen-bond donors (Lipinski definition) is 1. The third-order valence-corrected chi connectivity index (χ3v) is 4.03. The number of nitrogens with one attached hydrogen (secondary N) is 1. The molecule has 5 nitrogen and oxygen atoms in total. The molecule has 0 aliphatic heterocycles. The largest absolute Gasteiger partial charge is 0.346 e. The Labute approximate surface area is 144 Å². The first kappa shape index (κ1) is 15.1. The Morgan fingerprint density at radius 2 is 1.68 bits per heavy atom. The third-order valence-electron chi connectivity index (χ3n) is 4.03. The number of para-hydroxylation sites is 1. The SMILES string of the molecule is O=C(NCc1cccc2ccccc12)c1cnn(-c2ccccc2)n1. The smallest absolute Gasteiger partial charge is 0.273 e. The van der Waals surface area contributed by atoms with Crippen LogP contribution in [0, 0.1) is 0 Å². The molecule has 0 unspecified atom stereocenters. The highest BCUT2D eigenvalue weighted by Gasteiger charge is 2.11. The Hall–Kier alpha value is -3.47. The Balaban J connectivity index is 1.50. The molecule has 0 saturated heterocycles. The van der Waals surface area contributed by atoms with E-state index in [9.17, 15) is 4.79 Å². The van der Waals surface area contributed by atoms with E-state index in [4.69, 9.17) is 0 Å². The lowest BCUT2D eigenvalue weighted by molar-refractivity contribution is 0.0945. The lowest BCUT2D eigenvalue weighted by Crippen LogP contribution is -2.23. The molecule has 4 rings (SSSR count). The summed E-state index contributed by atoms with van der Waals surface area (Å²) in [6, 6.07) is 23.7. The summed E-state index contributed by atoms with van der Waals surface area (Å²) in [4.78, 5) is 13.8. The van der Waals surface area contributed by atoms with Gasteiger partial charge in [0.25, 0.3) is 5.91 Å². The molecule has 0 bridgehead atoms. The Morgan fingerprint density at radius 3 is 2.56 bits per heavy atom. The lowest BCUT2D eigenvalue weighted by atomic mass is 10.0. The fourth-order valence-electron chi connectivity index (χ4n) is 2.77. The van der Waals surface area contributed by atoms with Gasteiger partial charge in [-0.2, -0.15) is 9.90 Å². The highest BCUT2D eigenvalue weighted by Crippen LogP contribution is 2.18. The number of rotatable bonds is 4. The van der Waals surface area contributed by atoms with Gasteiger partial charge in [0.15, 0.2) is 5.69 Å². The van der Waals surface area contributed by atoms with Crippen LogP contribution in [0.5, 0.6) is 0 Å². The molecular weight excluding hydrogens is 312 g/mol. The molecule has 122 valence electrons. The number of fused-ring (bicyclic) bond motifs is 1. The number of aromatic nitrogens is 3. The van der Waals surface area contributed by atoms with Gasteiger partial charge in [0.1, 0.15) is 0 Å². The Kier molecular flexibility index (Phi) is 3.96. The van der Waals surface area contributed by atoms with Gasteiger partial charge < -0.3 is 5.32 Å². The first-order valence-corrected chi connectivity index (χ1v) is 8.04. The molecule has 0 atom stereocenters. The van der Waals surface area contributed by atoms with Gasteiger partial charge in [0, 0.05) is 6.54 Å². The maximum Gasteiger partial charge on any atom is 0.273 e. The standard InChI is InChI=1S/C20H16N4O/c25-20(19-14-22-24(23-19)17-10-2-1-3-11-17)21-13-16-9-6-8-15-7-4-5-12-18(15)16/h1-12,14H,13H2,(H,21,25). The molecule has 0 fully saturated rings. The average Bonchev–Trinajstić information content (AvgIpc) is 3.17. The van der Waals surface area contributed by atoms with Crippen LogP contribution >= 0.6 is 0 Å². The van der Waals surface area contributed by atoms with E-state index in [0.29, 0.717) is 12.2 Å². The van der Waals surface area contributed by atoms with Crippen molar-refractivity contribution in [3.8, 4) is 5.69 Å². The van der Waals surface area contributed by atoms with E-state index >= 15 is 0 Å². The number of hydrogen-bond acceptors (Lipinski definition) is 3. The second-order valence-electron chi connectivity index (χ2n) is 5.68. The van der Waals surface area contributed by atoms with E-state index in [-0.39, 0.29) is 5.91 Å². The van der Waals surface area contributed by atoms with E-state index < -0.39 is 0 Å². The normalized spacial score (nSPS) is 10.7. The van der Waals surface area contributed by atoms with Crippen molar-refractivity contribution in [2.24, 2.45) is 0 Å². The molecule has 3 aromatic carbocycles. The van der Waals surface area contributed by atoms with Gasteiger partial charge in [0.2, 0.25) is 0 Å². The van der Waals surface area contributed by atoms with Crippen LogP contribution in [0.25, 0.3) is 16.5 Å². The van der Waals surface area contributed by atoms with Crippen molar-refractivity contribution in [1.29, 1.82) is 0 Å². The zero-order chi connectivity index (χ0) is 17.1. The van der Waals surface area contributed by atoms with Crippen molar-refractivity contribution in [1.82, 2.24) is 20.3 Å². The second kappa shape index (κ2) is 6.57. The second-order valence-corrected chi connectivity index (χ2v) is 5.68. The first-order chi connectivity index (χ1) is 12.3. The quantitative estimate of drug-likeness (QED) is 0.625. The minimum absolute atomic E-state index is 0.241. The molecule has 25 heavy (non-hydrogen) atoms. The Morgan fingerprint density at radius 1 is 0.920 bits per heavy atom. The topological polar surface area (TPSA) is 59.8 Å². The van der Waals surface area contributed by atoms with Crippen molar-refractivity contribution < 1.29 is 4.79 Å². The molecule has 0 spiro atoms. The van der Waals surface area contributed by atoms with Gasteiger partial charge in [0.05, 0.1) is 11.9 Å². The van der Waals surface area contributed by atoms with Crippen molar-refractivity contribution in [2.45, 2.75) is 6.54 Å². The van der Waals surface area contributed by atoms with Gasteiger partial charge >= 0.3 is 0 Å². The number of benzene rings is 3. The molecule has 5 heteroatoms. The van der Waals surface area contributed by atoms with Gasteiger partial charge in [-0.05, 0) is 28.5 Å². The van der Waals surface area contributed by atoms with Gasteiger partial charge in [-0.25, -0.2) is 0 Å². The van der Waals surface area contributed by atoms with Crippen LogP contribution in [0.3, 0.4) is 0 Å². The van der Waals surface area contributed by atoms with Crippen LogP contribution in [0.15, 0.2) is 79.0 Å². The number of carbonyl (C=O) groups excluding carboxylic acids is 1. The maximum absolute atomic E-state index is 12.4. The molecular formula is C20H16N4O. The predicted octanol–water partition coefficient (Wildman–Crippen LogP) is 3.35. The van der Waals surface area contributed by atoms with Gasteiger partial charge in [-0.15, -0.1) is 5.10 Å². The van der Waals surface area contributed by atoms with E-state index in [1.165, 1.54) is 11.0 Å². The van der Waals surface area contributed by atoms with Crippen LogP contribution < -0.4 is 5.32 Å². The summed E-state index contributed by atoms with van der Waals surface area (Å²) >= 11 is 0. The molecule has 1 N–H and O–H groups in total. The molecule has 1 heterocycles. The lowest BCUT2D eigenvalue weighted by Gasteiger charge is -2.07. The highest BCUT2D eigenvalue weighted by molar-refractivity contribution is 5.92. The maximum atomic E-state index is 12.4. The zero-order valence-corrected chi connectivity index (χ0v) is 13.5. The molecule has 0 aliphatic carbocycles. The number of nitrogens with zero attached hydrogens (tertiary/aromatic N) is 3. The summed E-state index contributed by atoms with van der Waals surface area (Å²) < 4.78 is 0. The molecule has 1 amide bonds. The molecule has 4 aromatic rings. The van der Waals surface area contributed by atoms with E-state index in [2.05, 4.69) is 33.7 Å². The summed E-state index contributed by atoms with van der Waals surface area (Å²) in [7, 11) is 0. The first-order valence-electron chi connectivity index (χ1n) is 8.04. The molecule has 0 aliphatic rings. The fraction of sp³-hybridized carbons (Fsp3) is 0.0500. The van der Waals surface area contributed by atoms with E-state index in [1.807, 2.05) is 54.6 Å². The summed E-state index contributed by atoms with van der Waals surface area (Å²) in [5.41, 5.74) is 2.18. The minimum atomic E-state index is -0.241. The van der Waals surface area contributed by atoms with Crippen LogP contribution in [0.1, 0.15) is 16.1 Å². The van der Waals surface area contributed by atoms with Crippen LogP contribution in [-0.4, -0.2) is 20.9 Å². The number of amides is 1. The summed E-state index contributed by atoms with van der Waals surface area (Å²) in [5.74, 6) is -0.241. The van der Waals surface area contributed by atoms with Crippen molar-refractivity contribution in [2.75, 3.05) is 0 Å². The highest BCUT2D eigenvalue weighted by atomic mass is 16.2. The van der Waals surface area contributed by atoms with Gasteiger partial charge in [-0.3, -0.25) is 4.79 Å². The van der Waals surface area contributed by atoms with E-state index in [1.54, 1.807) is 0 Å². The van der Waals surface area contributed by atoms with Gasteiger partial charge in [-0.1, -0.05) is 60.7 Å². The van der Waals surface area contributed by atoms with Crippen LogP contribution in [-0.2, 0) is 6.54 Å². The van der Waals surface area contributed by atoms with Crippen molar-refractivity contribution in [3.63, 3.8) is 0 Å². The minimum Gasteiger partial charge on any atom is -0.346 e. The third kappa shape index (κ3) is 3.12. The monoisotopic (exact) mass is 328 g/mol. The molecule has 1 aromatic heterocycles. The van der Waals surface area contributed by atoms with Crippen LogP contribution in [0.4, 0.5) is 0 Å². The summed E-state index contributed by atoms with van der Waals surface area (Å²) in [6.07, 6.45) is 1.48. The predicted molar refractivity (Wildman–Crippen MR) is 96.5 cm³/mol. The molecule has 0 saturated carbocycles. The van der Waals surface area contributed by atoms with E-state index in [0.717, 1.165) is 22.0 Å². The summed E-state index contributed by atoms with van der Waals surface area (Å²) in [6.45, 7) is 0.443. The fourth-order valence-corrected chi connectivity index (χ4v) is 2.77.